The number of hydrogen-bond acceptors (Lipinski definition) is 5. The highest BCUT2D eigenvalue weighted by Gasteiger charge is 2.08. The first kappa shape index (κ1) is 16.4. The van der Waals surface area contributed by atoms with Gasteiger partial charge in [0.1, 0.15) is 5.75 Å². The van der Waals surface area contributed by atoms with Crippen molar-refractivity contribution < 1.29 is 9.53 Å². The summed E-state index contributed by atoms with van der Waals surface area (Å²) in [6, 6.07) is 18.3. The molecule has 0 radical (unpaired) electrons. The molecule has 0 bridgehead atoms. The molecule has 25 heavy (non-hydrogen) atoms. The zero-order valence-electron chi connectivity index (χ0n) is 14.0. The molecule has 1 aromatic heterocycles. The Morgan fingerprint density at radius 2 is 1.60 bits per heavy atom. The lowest BCUT2D eigenvalue weighted by atomic mass is 10.1. The minimum atomic E-state index is -0.222. The topological polar surface area (TPSA) is 76.1 Å². The smallest absolute Gasteiger partial charge is 0.256 e. The Kier molecular flexibility index (Phi) is 4.89. The molecular weight excluding hydrogens is 316 g/mol. The van der Waals surface area contributed by atoms with E-state index in [-0.39, 0.29) is 5.91 Å². The maximum atomic E-state index is 12.2. The maximum absolute atomic E-state index is 12.2. The number of para-hydroxylation sites is 2. The van der Waals surface area contributed by atoms with Crippen molar-refractivity contribution >= 4 is 23.2 Å². The molecule has 6 heteroatoms. The van der Waals surface area contributed by atoms with Crippen LogP contribution in [-0.4, -0.2) is 23.2 Å². The predicted molar refractivity (Wildman–Crippen MR) is 97.4 cm³/mol. The van der Waals surface area contributed by atoms with Gasteiger partial charge < -0.3 is 15.4 Å². The normalized spacial score (nSPS) is 10.2. The van der Waals surface area contributed by atoms with Crippen LogP contribution in [0.25, 0.3) is 0 Å². The lowest BCUT2D eigenvalue weighted by Crippen LogP contribution is -2.13. The highest BCUT2D eigenvalue weighted by atomic mass is 16.5. The van der Waals surface area contributed by atoms with Crippen LogP contribution in [0.1, 0.15) is 15.9 Å². The van der Waals surface area contributed by atoms with Gasteiger partial charge in [0, 0.05) is 5.56 Å². The summed E-state index contributed by atoms with van der Waals surface area (Å²) in [5.74, 6) is 1.43. The fourth-order valence-corrected chi connectivity index (χ4v) is 2.24. The van der Waals surface area contributed by atoms with Crippen molar-refractivity contribution in [2.45, 2.75) is 6.92 Å². The molecule has 1 amide bonds. The van der Waals surface area contributed by atoms with Gasteiger partial charge in [-0.15, -0.1) is 10.2 Å². The van der Waals surface area contributed by atoms with Gasteiger partial charge in [0.15, 0.2) is 11.6 Å². The largest absolute Gasteiger partial charge is 0.495 e. The third kappa shape index (κ3) is 4.11. The average molecular weight is 334 g/mol. The van der Waals surface area contributed by atoms with Crippen molar-refractivity contribution in [3.05, 3.63) is 71.8 Å². The fraction of sp³-hybridized carbons (Fsp3) is 0.105. The number of aryl methyl sites for hydroxylation is 1. The highest BCUT2D eigenvalue weighted by Crippen LogP contribution is 2.26. The van der Waals surface area contributed by atoms with E-state index >= 15 is 0 Å². The first-order valence-corrected chi connectivity index (χ1v) is 7.77. The van der Waals surface area contributed by atoms with Gasteiger partial charge in [-0.25, -0.2) is 0 Å². The Labute approximate surface area is 145 Å². The number of anilines is 3. The molecule has 0 saturated heterocycles. The zero-order valence-corrected chi connectivity index (χ0v) is 14.0. The molecule has 0 aliphatic heterocycles. The van der Waals surface area contributed by atoms with E-state index in [2.05, 4.69) is 20.8 Å². The van der Waals surface area contributed by atoms with Gasteiger partial charge in [0.05, 0.1) is 12.8 Å². The monoisotopic (exact) mass is 334 g/mol. The van der Waals surface area contributed by atoms with Crippen LogP contribution in [0.5, 0.6) is 5.75 Å². The second kappa shape index (κ2) is 7.44. The average Bonchev–Trinajstić information content (AvgIpc) is 2.64. The van der Waals surface area contributed by atoms with Crippen LogP contribution in [0.4, 0.5) is 17.3 Å². The summed E-state index contributed by atoms with van der Waals surface area (Å²) in [5.41, 5.74) is 2.46. The lowest BCUT2D eigenvalue weighted by Gasteiger charge is -2.10. The van der Waals surface area contributed by atoms with E-state index < -0.39 is 0 Å². The third-order valence-electron chi connectivity index (χ3n) is 3.59. The number of nitrogens with one attached hydrogen (secondary N) is 2. The van der Waals surface area contributed by atoms with Crippen LogP contribution in [0.2, 0.25) is 0 Å². The lowest BCUT2D eigenvalue weighted by molar-refractivity contribution is 0.102. The number of hydrogen-bond donors (Lipinski definition) is 2. The number of methoxy groups -OCH3 is 1. The quantitative estimate of drug-likeness (QED) is 0.742. The van der Waals surface area contributed by atoms with E-state index in [0.29, 0.717) is 22.9 Å². The van der Waals surface area contributed by atoms with E-state index in [1.807, 2.05) is 43.3 Å². The van der Waals surface area contributed by atoms with Crippen LogP contribution in [0.15, 0.2) is 60.7 Å². The second-order valence-electron chi connectivity index (χ2n) is 5.45. The van der Waals surface area contributed by atoms with Crippen LogP contribution in [-0.2, 0) is 0 Å². The molecule has 0 aliphatic carbocycles. The van der Waals surface area contributed by atoms with Crippen LogP contribution < -0.4 is 15.4 Å². The number of aromatic nitrogens is 2. The molecule has 0 atom stereocenters. The molecule has 0 aliphatic rings. The number of carbonyl (C=O) groups is 1. The van der Waals surface area contributed by atoms with E-state index in [4.69, 9.17) is 4.74 Å². The molecule has 2 N–H and O–H groups in total. The molecule has 1 heterocycles. The number of nitrogens with zero attached hydrogens (tertiary/aromatic N) is 2. The van der Waals surface area contributed by atoms with Gasteiger partial charge in [-0.2, -0.15) is 0 Å². The number of rotatable bonds is 5. The molecule has 0 unspecified atom stereocenters. The van der Waals surface area contributed by atoms with Crippen LogP contribution in [0.3, 0.4) is 0 Å². The SMILES string of the molecule is COc1ccccc1Nc1ccc(NC(=O)c2ccc(C)cc2)nn1. The summed E-state index contributed by atoms with van der Waals surface area (Å²) in [7, 11) is 1.61. The van der Waals surface area contributed by atoms with Gasteiger partial charge in [0.2, 0.25) is 0 Å². The number of carbonyl (C=O) groups excluding carboxylic acids is 1. The molecule has 0 fully saturated rings. The molecule has 2 aromatic carbocycles. The minimum absolute atomic E-state index is 0.222. The minimum Gasteiger partial charge on any atom is -0.495 e. The summed E-state index contributed by atoms with van der Waals surface area (Å²) in [6.07, 6.45) is 0. The predicted octanol–water partition coefficient (Wildman–Crippen LogP) is 3.79. The first-order valence-electron chi connectivity index (χ1n) is 7.77. The molecule has 0 saturated carbocycles. The van der Waals surface area contributed by atoms with Crippen molar-refractivity contribution in [2.24, 2.45) is 0 Å². The summed E-state index contributed by atoms with van der Waals surface area (Å²) in [5, 5.41) is 14.0. The van der Waals surface area contributed by atoms with E-state index in [0.717, 1.165) is 11.3 Å². The van der Waals surface area contributed by atoms with E-state index in [1.165, 1.54) is 0 Å². The Morgan fingerprint density at radius 1 is 0.920 bits per heavy atom. The Hall–Kier alpha value is -3.41. The van der Waals surface area contributed by atoms with Crippen molar-refractivity contribution in [1.29, 1.82) is 0 Å². The van der Waals surface area contributed by atoms with E-state index in [1.54, 1.807) is 31.4 Å². The van der Waals surface area contributed by atoms with Gasteiger partial charge in [-0.1, -0.05) is 29.8 Å². The Bertz CT molecular complexity index is 861. The second-order valence-corrected chi connectivity index (χ2v) is 5.45. The van der Waals surface area contributed by atoms with Crippen molar-refractivity contribution in [1.82, 2.24) is 10.2 Å². The molecular formula is C19H18N4O2. The molecule has 126 valence electrons. The highest BCUT2D eigenvalue weighted by molar-refractivity contribution is 6.03. The standard InChI is InChI=1S/C19H18N4O2/c1-13-7-9-14(10-8-13)19(24)21-18-12-11-17(22-23-18)20-15-5-3-4-6-16(15)25-2/h3-12H,1-2H3,(H,20,22)(H,21,23,24). The van der Waals surface area contributed by atoms with Crippen molar-refractivity contribution in [2.75, 3.05) is 17.7 Å². The summed E-state index contributed by atoms with van der Waals surface area (Å²) < 4.78 is 5.28. The number of benzene rings is 2. The van der Waals surface area contributed by atoms with Crippen molar-refractivity contribution in [3.8, 4) is 5.75 Å². The molecule has 6 nitrogen and oxygen atoms in total. The first-order chi connectivity index (χ1) is 12.2. The summed E-state index contributed by atoms with van der Waals surface area (Å²) in [6.45, 7) is 1.97. The molecule has 3 aromatic rings. The van der Waals surface area contributed by atoms with Crippen LogP contribution >= 0.6 is 0 Å². The Morgan fingerprint density at radius 3 is 2.28 bits per heavy atom. The molecule has 0 spiro atoms. The molecule has 3 rings (SSSR count). The maximum Gasteiger partial charge on any atom is 0.256 e. The van der Waals surface area contributed by atoms with Gasteiger partial charge in [0.25, 0.3) is 5.91 Å². The zero-order chi connectivity index (χ0) is 17.6. The van der Waals surface area contributed by atoms with Crippen molar-refractivity contribution in [3.63, 3.8) is 0 Å². The number of ether oxygens (including phenoxy) is 1. The van der Waals surface area contributed by atoms with E-state index in [9.17, 15) is 4.79 Å². The third-order valence-corrected chi connectivity index (χ3v) is 3.59. The van der Waals surface area contributed by atoms with Crippen LogP contribution in [0, 0.1) is 6.92 Å². The summed E-state index contributed by atoms with van der Waals surface area (Å²) >= 11 is 0. The Balaban J connectivity index is 1.68. The van der Waals surface area contributed by atoms with Gasteiger partial charge >= 0.3 is 0 Å². The fourth-order valence-electron chi connectivity index (χ4n) is 2.24. The summed E-state index contributed by atoms with van der Waals surface area (Å²) in [4.78, 5) is 12.2. The number of amides is 1. The van der Waals surface area contributed by atoms with Gasteiger partial charge in [-0.05, 0) is 43.3 Å². The van der Waals surface area contributed by atoms with Gasteiger partial charge in [-0.3, -0.25) is 4.79 Å².